The molecular weight excluding hydrogens is 348 g/mol. The molecule has 0 aliphatic carbocycles. The van der Waals surface area contributed by atoms with Gasteiger partial charge in [-0.1, -0.05) is 30.3 Å². The standard InChI is InChI=1S/C20H24N2O3S/c1-4-26(24,25)22-14(2)12-18-13-17(10-11-19(18)22)20(23)21-15(3)16-8-6-5-7-9-16/h5-11,13-15H,4,12H2,1-3H3,(H,21,23)/t14-,15+/m0/s1. The van der Waals surface area contributed by atoms with Crippen LogP contribution in [0.2, 0.25) is 0 Å². The van der Waals surface area contributed by atoms with E-state index in [1.54, 1.807) is 19.1 Å². The molecule has 0 fully saturated rings. The Morgan fingerprint density at radius 1 is 1.23 bits per heavy atom. The Morgan fingerprint density at radius 3 is 2.58 bits per heavy atom. The van der Waals surface area contributed by atoms with Crippen LogP contribution in [0.25, 0.3) is 0 Å². The van der Waals surface area contributed by atoms with Crippen molar-refractivity contribution in [2.75, 3.05) is 10.1 Å². The molecule has 0 aromatic heterocycles. The summed E-state index contributed by atoms with van der Waals surface area (Å²) in [6.45, 7) is 5.48. The van der Waals surface area contributed by atoms with E-state index in [0.717, 1.165) is 11.1 Å². The van der Waals surface area contributed by atoms with Gasteiger partial charge in [0.25, 0.3) is 5.91 Å². The average molecular weight is 372 g/mol. The van der Waals surface area contributed by atoms with E-state index < -0.39 is 10.0 Å². The average Bonchev–Trinajstić information content (AvgIpc) is 2.97. The first-order valence-electron chi connectivity index (χ1n) is 8.84. The Bertz CT molecular complexity index is 910. The van der Waals surface area contributed by atoms with Gasteiger partial charge in [-0.15, -0.1) is 0 Å². The van der Waals surface area contributed by atoms with Crippen molar-refractivity contribution in [1.29, 1.82) is 0 Å². The van der Waals surface area contributed by atoms with Crippen LogP contribution in [0.3, 0.4) is 0 Å². The predicted molar refractivity (Wildman–Crippen MR) is 104 cm³/mol. The number of rotatable bonds is 5. The zero-order valence-corrected chi connectivity index (χ0v) is 16.1. The minimum absolute atomic E-state index is 0.0631. The number of nitrogens with one attached hydrogen (secondary N) is 1. The number of nitrogens with zero attached hydrogens (tertiary/aromatic N) is 1. The molecular formula is C20H24N2O3S. The molecule has 2 aromatic rings. The van der Waals surface area contributed by atoms with Crippen molar-refractivity contribution in [1.82, 2.24) is 5.32 Å². The molecule has 0 unspecified atom stereocenters. The molecule has 5 nitrogen and oxygen atoms in total. The molecule has 3 rings (SSSR count). The molecule has 6 heteroatoms. The molecule has 1 aliphatic heterocycles. The third kappa shape index (κ3) is 3.46. The first-order chi connectivity index (χ1) is 12.3. The molecule has 2 atom stereocenters. The van der Waals surface area contributed by atoms with Crippen molar-refractivity contribution in [3.8, 4) is 0 Å². The van der Waals surface area contributed by atoms with Gasteiger partial charge in [0.2, 0.25) is 10.0 Å². The number of hydrogen-bond acceptors (Lipinski definition) is 3. The maximum atomic E-state index is 12.6. The third-order valence-corrected chi connectivity index (χ3v) is 6.69. The van der Waals surface area contributed by atoms with Gasteiger partial charge in [0.15, 0.2) is 0 Å². The van der Waals surface area contributed by atoms with E-state index in [9.17, 15) is 13.2 Å². The number of anilines is 1. The van der Waals surface area contributed by atoms with E-state index in [-0.39, 0.29) is 23.7 Å². The third-order valence-electron chi connectivity index (χ3n) is 4.81. The fourth-order valence-electron chi connectivity index (χ4n) is 3.41. The van der Waals surface area contributed by atoms with Gasteiger partial charge in [0, 0.05) is 11.6 Å². The SMILES string of the molecule is CCS(=O)(=O)N1c2ccc(C(=O)N[C@H](C)c3ccccc3)cc2C[C@@H]1C. The molecule has 2 aromatic carbocycles. The number of sulfonamides is 1. The smallest absolute Gasteiger partial charge is 0.251 e. The summed E-state index contributed by atoms with van der Waals surface area (Å²) in [4.78, 5) is 12.6. The van der Waals surface area contributed by atoms with E-state index in [4.69, 9.17) is 0 Å². The lowest BCUT2D eigenvalue weighted by Crippen LogP contribution is -2.36. The summed E-state index contributed by atoms with van der Waals surface area (Å²) < 4.78 is 26.2. The van der Waals surface area contributed by atoms with Crippen molar-refractivity contribution < 1.29 is 13.2 Å². The van der Waals surface area contributed by atoms with Gasteiger partial charge in [-0.25, -0.2) is 8.42 Å². The number of fused-ring (bicyclic) bond motifs is 1. The number of amides is 1. The van der Waals surface area contributed by atoms with Crippen molar-refractivity contribution in [2.45, 2.75) is 39.3 Å². The Labute approximate surface area is 155 Å². The number of hydrogen-bond donors (Lipinski definition) is 1. The van der Waals surface area contributed by atoms with Gasteiger partial charge in [-0.2, -0.15) is 0 Å². The molecule has 26 heavy (non-hydrogen) atoms. The normalized spacial score (nSPS) is 17.7. The van der Waals surface area contributed by atoms with Gasteiger partial charge >= 0.3 is 0 Å². The monoisotopic (exact) mass is 372 g/mol. The van der Waals surface area contributed by atoms with Crippen LogP contribution in [0.15, 0.2) is 48.5 Å². The molecule has 138 valence electrons. The highest BCUT2D eigenvalue weighted by Crippen LogP contribution is 2.35. The maximum absolute atomic E-state index is 12.6. The maximum Gasteiger partial charge on any atom is 0.251 e. The molecule has 0 saturated carbocycles. The Kier molecular flexibility index (Phi) is 5.05. The van der Waals surface area contributed by atoms with Crippen LogP contribution in [0, 0.1) is 0 Å². The van der Waals surface area contributed by atoms with Gasteiger partial charge in [0.05, 0.1) is 17.5 Å². The zero-order valence-electron chi connectivity index (χ0n) is 15.3. The first-order valence-corrected chi connectivity index (χ1v) is 10.4. The van der Waals surface area contributed by atoms with E-state index >= 15 is 0 Å². The van der Waals surface area contributed by atoms with E-state index in [2.05, 4.69) is 5.32 Å². The lowest BCUT2D eigenvalue weighted by molar-refractivity contribution is 0.0940. The van der Waals surface area contributed by atoms with Crippen LogP contribution < -0.4 is 9.62 Å². The molecule has 1 N–H and O–H groups in total. The number of carbonyl (C=O) groups excluding carboxylic acids is 1. The van der Waals surface area contributed by atoms with E-state index in [0.29, 0.717) is 17.7 Å². The van der Waals surface area contributed by atoms with Gasteiger partial charge in [-0.3, -0.25) is 9.10 Å². The minimum Gasteiger partial charge on any atom is -0.346 e. The summed E-state index contributed by atoms with van der Waals surface area (Å²) in [6.07, 6.45) is 0.615. The Balaban J connectivity index is 1.82. The zero-order chi connectivity index (χ0) is 18.9. The topological polar surface area (TPSA) is 66.5 Å². The second kappa shape index (κ2) is 7.11. The van der Waals surface area contributed by atoms with Gasteiger partial charge in [0.1, 0.15) is 0 Å². The first kappa shape index (κ1) is 18.5. The molecule has 1 aliphatic rings. The van der Waals surface area contributed by atoms with Crippen LogP contribution in [0.1, 0.15) is 48.3 Å². The van der Waals surface area contributed by atoms with E-state index in [1.807, 2.05) is 50.2 Å². The van der Waals surface area contributed by atoms with Crippen LogP contribution in [0.4, 0.5) is 5.69 Å². The summed E-state index contributed by atoms with van der Waals surface area (Å²) in [5.41, 5.74) is 3.17. The molecule has 0 bridgehead atoms. The van der Waals surface area contributed by atoms with Crippen molar-refractivity contribution in [3.63, 3.8) is 0 Å². The summed E-state index contributed by atoms with van der Waals surface area (Å²) in [5.74, 6) is -0.0956. The van der Waals surface area contributed by atoms with Crippen LogP contribution in [0.5, 0.6) is 0 Å². The van der Waals surface area contributed by atoms with Gasteiger partial charge in [-0.05, 0) is 56.5 Å². The second-order valence-electron chi connectivity index (χ2n) is 6.70. The summed E-state index contributed by atoms with van der Waals surface area (Å²) in [5, 5.41) is 3.00. The summed E-state index contributed by atoms with van der Waals surface area (Å²) in [6, 6.07) is 14.8. The van der Waals surface area contributed by atoms with Crippen molar-refractivity contribution >= 4 is 21.6 Å². The minimum atomic E-state index is -3.32. The largest absolute Gasteiger partial charge is 0.346 e. The quantitative estimate of drug-likeness (QED) is 0.876. The lowest BCUT2D eigenvalue weighted by Gasteiger charge is -2.23. The molecule has 1 amide bonds. The molecule has 0 radical (unpaired) electrons. The molecule has 0 saturated heterocycles. The van der Waals surface area contributed by atoms with Crippen LogP contribution in [-0.4, -0.2) is 26.1 Å². The fraction of sp³-hybridized carbons (Fsp3) is 0.350. The Hall–Kier alpha value is -2.34. The van der Waals surface area contributed by atoms with E-state index in [1.165, 1.54) is 4.31 Å². The summed E-state index contributed by atoms with van der Waals surface area (Å²) in [7, 11) is -3.32. The second-order valence-corrected chi connectivity index (χ2v) is 8.83. The highest BCUT2D eigenvalue weighted by atomic mass is 32.2. The van der Waals surface area contributed by atoms with Crippen LogP contribution in [-0.2, 0) is 16.4 Å². The van der Waals surface area contributed by atoms with Gasteiger partial charge < -0.3 is 5.32 Å². The van der Waals surface area contributed by atoms with Crippen molar-refractivity contribution in [3.05, 3.63) is 65.2 Å². The molecule has 1 heterocycles. The fourth-order valence-corrected chi connectivity index (χ4v) is 4.79. The Morgan fingerprint density at radius 2 is 1.92 bits per heavy atom. The predicted octanol–water partition coefficient (Wildman–Crippen LogP) is 3.28. The number of carbonyl (C=O) groups is 1. The highest BCUT2D eigenvalue weighted by molar-refractivity contribution is 7.92. The lowest BCUT2D eigenvalue weighted by atomic mass is 10.0. The van der Waals surface area contributed by atoms with Crippen LogP contribution >= 0.6 is 0 Å². The summed E-state index contributed by atoms with van der Waals surface area (Å²) >= 11 is 0. The highest BCUT2D eigenvalue weighted by Gasteiger charge is 2.34. The van der Waals surface area contributed by atoms with Crippen molar-refractivity contribution in [2.24, 2.45) is 0 Å². The molecule has 0 spiro atoms. The number of benzene rings is 2.